The lowest BCUT2D eigenvalue weighted by molar-refractivity contribution is 0.130. The van der Waals surface area contributed by atoms with Gasteiger partial charge in [-0.05, 0) is 36.5 Å². The molecule has 22 heavy (non-hydrogen) atoms. The summed E-state index contributed by atoms with van der Waals surface area (Å²) >= 11 is 0. The van der Waals surface area contributed by atoms with Gasteiger partial charge in [0.25, 0.3) is 0 Å². The molecule has 0 aromatic heterocycles. The average molecular weight is 306 g/mol. The van der Waals surface area contributed by atoms with Crippen molar-refractivity contribution in [2.45, 2.75) is 77.7 Å². The maximum atomic E-state index is 4.60. The van der Waals surface area contributed by atoms with E-state index in [4.69, 9.17) is 0 Å². The molecule has 0 aromatic carbocycles. The van der Waals surface area contributed by atoms with Crippen LogP contribution >= 0.6 is 0 Å². The zero-order valence-electron chi connectivity index (χ0n) is 14.6. The van der Waals surface area contributed by atoms with Crippen LogP contribution < -0.4 is 10.6 Å². The molecule has 0 amide bonds. The fourth-order valence-electron chi connectivity index (χ4n) is 4.98. The Hall–Kier alpha value is -0.730. The predicted octanol–water partition coefficient (Wildman–Crippen LogP) is 3.95. The highest BCUT2D eigenvalue weighted by Gasteiger charge is 2.35. The number of nitrogens with one attached hydrogen (secondary N) is 2. The Morgan fingerprint density at radius 3 is 2.64 bits per heavy atom. The van der Waals surface area contributed by atoms with E-state index in [1.54, 1.807) is 0 Å². The van der Waals surface area contributed by atoms with Gasteiger partial charge in [0.2, 0.25) is 0 Å². The molecule has 1 aliphatic heterocycles. The minimum Gasteiger partial charge on any atom is -0.355 e. The van der Waals surface area contributed by atoms with E-state index in [0.717, 1.165) is 42.7 Å². The van der Waals surface area contributed by atoms with E-state index in [0.29, 0.717) is 6.04 Å². The van der Waals surface area contributed by atoms with Crippen LogP contribution in [0.4, 0.5) is 0 Å². The van der Waals surface area contributed by atoms with Crippen molar-refractivity contribution in [1.29, 1.82) is 0 Å². The Morgan fingerprint density at radius 1 is 1.09 bits per heavy atom. The van der Waals surface area contributed by atoms with Crippen LogP contribution in [0.3, 0.4) is 0 Å². The average Bonchev–Trinajstić information content (AvgIpc) is 3.03. The number of hydrogen-bond acceptors (Lipinski definition) is 3. The molecule has 2 N–H and O–H groups in total. The number of aliphatic imine (C=N–C) groups is 1. The summed E-state index contributed by atoms with van der Waals surface area (Å²) in [6, 6.07) is 0.630. The maximum absolute atomic E-state index is 4.60. The summed E-state index contributed by atoms with van der Waals surface area (Å²) in [6.45, 7) is 6.90. The van der Waals surface area contributed by atoms with Crippen LogP contribution in [-0.4, -0.2) is 25.1 Å². The van der Waals surface area contributed by atoms with Crippen molar-refractivity contribution >= 4 is 5.96 Å². The second-order valence-electron chi connectivity index (χ2n) is 8.08. The fraction of sp³-hybridized carbons (Fsp3) is 0.947. The first kappa shape index (κ1) is 16.1. The third-order valence-corrected chi connectivity index (χ3v) is 6.59. The SMILES string of the molecule is CC1CCCC(C(CC2CCCCC2)NC2=NCCN2)C1C. The third kappa shape index (κ3) is 3.97. The van der Waals surface area contributed by atoms with Gasteiger partial charge in [0, 0.05) is 12.6 Å². The second-order valence-corrected chi connectivity index (χ2v) is 8.08. The lowest BCUT2D eigenvalue weighted by atomic mass is 9.68. The minimum absolute atomic E-state index is 0.630. The molecule has 3 rings (SSSR count). The van der Waals surface area contributed by atoms with E-state index < -0.39 is 0 Å². The van der Waals surface area contributed by atoms with E-state index in [1.807, 2.05) is 0 Å². The van der Waals surface area contributed by atoms with Crippen LogP contribution in [0.15, 0.2) is 4.99 Å². The van der Waals surface area contributed by atoms with Gasteiger partial charge in [-0.2, -0.15) is 0 Å². The van der Waals surface area contributed by atoms with Crippen molar-refractivity contribution in [3.05, 3.63) is 0 Å². The topological polar surface area (TPSA) is 36.4 Å². The van der Waals surface area contributed by atoms with Gasteiger partial charge in [-0.1, -0.05) is 58.8 Å². The first-order valence-electron chi connectivity index (χ1n) is 9.79. The third-order valence-electron chi connectivity index (χ3n) is 6.59. The Balaban J connectivity index is 1.66. The van der Waals surface area contributed by atoms with Gasteiger partial charge in [0.05, 0.1) is 6.54 Å². The Labute approximate surface area is 136 Å². The van der Waals surface area contributed by atoms with E-state index in [-0.39, 0.29) is 0 Å². The highest BCUT2D eigenvalue weighted by atomic mass is 15.2. The van der Waals surface area contributed by atoms with Crippen molar-refractivity contribution < 1.29 is 0 Å². The van der Waals surface area contributed by atoms with Gasteiger partial charge in [-0.25, -0.2) is 0 Å². The van der Waals surface area contributed by atoms with Gasteiger partial charge in [-0.3, -0.25) is 4.99 Å². The lowest BCUT2D eigenvalue weighted by Gasteiger charge is -2.41. The summed E-state index contributed by atoms with van der Waals surface area (Å²) in [5.74, 6) is 4.57. The smallest absolute Gasteiger partial charge is 0.191 e. The quantitative estimate of drug-likeness (QED) is 0.825. The molecule has 4 atom stereocenters. The molecule has 3 heteroatoms. The summed E-state index contributed by atoms with van der Waals surface area (Å²) in [4.78, 5) is 4.60. The summed E-state index contributed by atoms with van der Waals surface area (Å²) < 4.78 is 0. The molecule has 1 heterocycles. The predicted molar refractivity (Wildman–Crippen MR) is 94.1 cm³/mol. The van der Waals surface area contributed by atoms with Crippen molar-refractivity contribution in [2.24, 2.45) is 28.7 Å². The number of nitrogens with zero attached hydrogens (tertiary/aromatic N) is 1. The number of rotatable bonds is 4. The zero-order chi connectivity index (χ0) is 15.4. The molecular formula is C19H35N3. The maximum Gasteiger partial charge on any atom is 0.191 e. The molecular weight excluding hydrogens is 270 g/mol. The number of guanidine groups is 1. The standard InChI is InChI=1S/C19H35N3/c1-14-7-6-10-17(15(14)2)18(22-19-20-11-12-21-19)13-16-8-4-3-5-9-16/h14-18H,3-13H2,1-2H3,(H2,20,21,22). The molecule has 0 saturated heterocycles. The Morgan fingerprint density at radius 2 is 1.91 bits per heavy atom. The van der Waals surface area contributed by atoms with Crippen LogP contribution in [0.25, 0.3) is 0 Å². The van der Waals surface area contributed by atoms with Crippen LogP contribution in [0.2, 0.25) is 0 Å². The van der Waals surface area contributed by atoms with Gasteiger partial charge < -0.3 is 10.6 Å². The molecule has 3 nitrogen and oxygen atoms in total. The van der Waals surface area contributed by atoms with E-state index in [9.17, 15) is 0 Å². The molecule has 0 radical (unpaired) electrons. The van der Waals surface area contributed by atoms with Crippen molar-refractivity contribution in [2.75, 3.05) is 13.1 Å². The van der Waals surface area contributed by atoms with Gasteiger partial charge in [-0.15, -0.1) is 0 Å². The van der Waals surface area contributed by atoms with Crippen LogP contribution in [-0.2, 0) is 0 Å². The normalized spacial score (nSPS) is 34.8. The molecule has 3 aliphatic rings. The van der Waals surface area contributed by atoms with E-state index >= 15 is 0 Å². The summed E-state index contributed by atoms with van der Waals surface area (Å²) in [7, 11) is 0. The Kier molecular flexibility index (Phi) is 5.65. The van der Waals surface area contributed by atoms with Crippen molar-refractivity contribution in [3.8, 4) is 0 Å². The summed E-state index contributed by atoms with van der Waals surface area (Å²) in [5, 5.41) is 7.25. The fourth-order valence-corrected chi connectivity index (χ4v) is 4.98. The minimum atomic E-state index is 0.630. The van der Waals surface area contributed by atoms with Gasteiger partial charge in [0.15, 0.2) is 5.96 Å². The summed E-state index contributed by atoms with van der Waals surface area (Å²) in [6.07, 6.45) is 12.9. The van der Waals surface area contributed by atoms with E-state index in [2.05, 4.69) is 29.5 Å². The van der Waals surface area contributed by atoms with Crippen LogP contribution in [0.5, 0.6) is 0 Å². The van der Waals surface area contributed by atoms with Gasteiger partial charge >= 0.3 is 0 Å². The number of hydrogen-bond donors (Lipinski definition) is 2. The van der Waals surface area contributed by atoms with Crippen molar-refractivity contribution in [3.63, 3.8) is 0 Å². The Bertz CT molecular complexity index is 373. The molecule has 2 fully saturated rings. The van der Waals surface area contributed by atoms with Crippen molar-refractivity contribution in [1.82, 2.24) is 10.6 Å². The van der Waals surface area contributed by atoms with Crippen LogP contribution in [0.1, 0.15) is 71.6 Å². The molecule has 2 saturated carbocycles. The largest absolute Gasteiger partial charge is 0.355 e. The molecule has 0 spiro atoms. The summed E-state index contributed by atoms with van der Waals surface area (Å²) in [5.41, 5.74) is 0. The highest BCUT2D eigenvalue weighted by Crippen LogP contribution is 2.39. The zero-order valence-corrected chi connectivity index (χ0v) is 14.6. The van der Waals surface area contributed by atoms with Gasteiger partial charge in [0.1, 0.15) is 0 Å². The first-order valence-corrected chi connectivity index (χ1v) is 9.79. The first-order chi connectivity index (χ1) is 10.7. The molecule has 4 unspecified atom stereocenters. The second kappa shape index (κ2) is 7.70. The highest BCUT2D eigenvalue weighted by molar-refractivity contribution is 5.81. The lowest BCUT2D eigenvalue weighted by Crippen LogP contribution is -2.49. The van der Waals surface area contributed by atoms with E-state index in [1.165, 1.54) is 57.8 Å². The molecule has 126 valence electrons. The molecule has 2 aliphatic carbocycles. The molecule has 0 aromatic rings. The molecule has 0 bridgehead atoms. The monoisotopic (exact) mass is 305 g/mol. The van der Waals surface area contributed by atoms with Crippen LogP contribution in [0, 0.1) is 23.7 Å².